The van der Waals surface area contributed by atoms with Crippen molar-refractivity contribution < 1.29 is 60.1 Å². The van der Waals surface area contributed by atoms with E-state index in [1.165, 1.54) is 33.3 Å². The normalized spacial score (nSPS) is 28.9. The highest BCUT2D eigenvalue weighted by molar-refractivity contribution is 7.91. The van der Waals surface area contributed by atoms with Crippen LogP contribution in [0.1, 0.15) is 86.5 Å². The molecule has 2 aromatic rings. The summed E-state index contributed by atoms with van der Waals surface area (Å²) < 4.78 is 90.3. The van der Waals surface area contributed by atoms with Gasteiger partial charge in [0.25, 0.3) is 11.8 Å². The molecule has 0 spiro atoms. The monoisotopic (exact) mass is 865 g/mol. The molecule has 0 radical (unpaired) electrons. The molecular formula is C41H54F3N5O10S. The van der Waals surface area contributed by atoms with Gasteiger partial charge in [0.1, 0.15) is 35.0 Å². The summed E-state index contributed by atoms with van der Waals surface area (Å²) in [7, 11) is -1.49. The molecule has 15 nitrogen and oxygen atoms in total. The summed E-state index contributed by atoms with van der Waals surface area (Å²) in [6.45, 7) is 7.29. The van der Waals surface area contributed by atoms with Gasteiger partial charge in [0.2, 0.25) is 27.7 Å². The summed E-state index contributed by atoms with van der Waals surface area (Å²) in [5, 5.41) is 13.6. The number of hydrogen-bond donors (Lipinski definition) is 3. The van der Waals surface area contributed by atoms with Gasteiger partial charge in [-0.1, -0.05) is 26.0 Å². The highest BCUT2D eigenvalue weighted by atomic mass is 32.2. The Labute approximate surface area is 347 Å². The molecule has 6 rings (SSSR count). The lowest BCUT2D eigenvalue weighted by Gasteiger charge is -2.47. The van der Waals surface area contributed by atoms with Gasteiger partial charge in [-0.25, -0.2) is 31.4 Å². The molecule has 330 valence electrons. The molecule has 1 saturated heterocycles. The van der Waals surface area contributed by atoms with Crippen molar-refractivity contribution in [3.63, 3.8) is 0 Å². The van der Waals surface area contributed by atoms with Crippen LogP contribution in [0.2, 0.25) is 0 Å². The molecule has 0 unspecified atom stereocenters. The topological polar surface area (TPSA) is 194 Å². The summed E-state index contributed by atoms with van der Waals surface area (Å²) in [5.74, 6) is -8.69. The van der Waals surface area contributed by atoms with Gasteiger partial charge in [-0.2, -0.15) is 0 Å². The first-order valence-corrected chi connectivity index (χ1v) is 21.5. The van der Waals surface area contributed by atoms with Gasteiger partial charge in [0.15, 0.2) is 11.6 Å². The van der Waals surface area contributed by atoms with Gasteiger partial charge < -0.3 is 29.5 Å². The number of methoxy groups -OCH3 is 2. The predicted octanol–water partition coefficient (Wildman–Crippen LogP) is 5.41. The number of hydrogen-bond acceptors (Lipinski definition) is 10. The number of nitrogens with one attached hydrogen (secondary N) is 2. The Morgan fingerprint density at radius 3 is 2.35 bits per heavy atom. The first-order chi connectivity index (χ1) is 27.9. The van der Waals surface area contributed by atoms with E-state index in [9.17, 15) is 27.9 Å². The van der Waals surface area contributed by atoms with Crippen LogP contribution in [0.15, 0.2) is 30.4 Å². The summed E-state index contributed by atoms with van der Waals surface area (Å²) in [6.07, 6.45) is 2.53. The Kier molecular flexibility index (Phi) is 11.9. The van der Waals surface area contributed by atoms with Crippen LogP contribution in [-0.2, 0) is 24.4 Å². The van der Waals surface area contributed by atoms with Crippen molar-refractivity contribution in [3.05, 3.63) is 36.2 Å². The Balaban J connectivity index is 1.45. The molecule has 0 bridgehead atoms. The molecule has 2 saturated carbocycles. The SMILES string of the molecule is COc1cc(O[C@@H]2C[C@H]3C(=O)N[C@]4(C(=O)NS(=O)(=O)C5(C)CC5)C[C@H]4/C=C\CC[C@@H](C)C[C@@H](C)[C@H](N(C(=O)O)C(C)(C)C(C)(F)F)C(=O)N3C2)c2cc(F)c(OC)cc2n1. The minimum Gasteiger partial charge on any atom is -0.494 e. The molecule has 7 atom stereocenters. The Morgan fingerprint density at radius 2 is 1.75 bits per heavy atom. The predicted molar refractivity (Wildman–Crippen MR) is 213 cm³/mol. The molecule has 3 heterocycles. The third kappa shape index (κ3) is 8.29. The standard InChI is InChI=1S/C41H54F3N5O10S/c1-22-11-9-10-12-24-20-41(24,36(52)47-60(55,56)39(5)13-14-39)46-34(50)29-16-25(59-30-19-32(58-8)45-28-18-31(57-7)27(42)17-26(28)30)21-48(29)35(51)33(23(2)15-22)49(37(53)54)38(3,4)40(6,43)44/h10,12,17-19,22-25,29,33H,9,11,13-16,20-21H2,1-8H3,(H,46,50)(H,47,52)(H,53,54)/b12-10-/t22-,23-,24-,25-,29+,33+,41-/m1/s1. The molecule has 1 aromatic carbocycles. The van der Waals surface area contributed by atoms with E-state index >= 15 is 18.0 Å². The number of carboxylic acid groups (broad SMARTS) is 1. The largest absolute Gasteiger partial charge is 0.494 e. The average molecular weight is 866 g/mol. The van der Waals surface area contributed by atoms with E-state index in [4.69, 9.17) is 14.2 Å². The fourth-order valence-electron chi connectivity index (χ4n) is 8.37. The second-order valence-corrected chi connectivity index (χ2v) is 19.9. The van der Waals surface area contributed by atoms with Crippen LogP contribution in [0.3, 0.4) is 0 Å². The van der Waals surface area contributed by atoms with Crippen LogP contribution < -0.4 is 24.2 Å². The van der Waals surface area contributed by atoms with Crippen molar-refractivity contribution in [3.8, 4) is 17.4 Å². The minimum atomic E-state index is -4.13. The molecule has 3 fully saturated rings. The molecule has 2 aliphatic heterocycles. The lowest BCUT2D eigenvalue weighted by molar-refractivity contribution is -0.156. The van der Waals surface area contributed by atoms with E-state index in [0.29, 0.717) is 37.5 Å². The molecule has 1 aromatic heterocycles. The minimum absolute atomic E-state index is 0.0491. The zero-order valence-electron chi connectivity index (χ0n) is 35.0. The number of nitrogens with zero attached hydrogens (tertiary/aromatic N) is 3. The first kappa shape index (κ1) is 44.7. The quantitative estimate of drug-likeness (QED) is 0.259. The smallest absolute Gasteiger partial charge is 0.408 e. The van der Waals surface area contributed by atoms with E-state index in [1.807, 2.05) is 13.0 Å². The second kappa shape index (κ2) is 15.9. The van der Waals surface area contributed by atoms with Crippen LogP contribution in [0.4, 0.5) is 18.0 Å². The molecular weight excluding hydrogens is 812 g/mol. The van der Waals surface area contributed by atoms with E-state index in [-0.39, 0.29) is 60.0 Å². The number of carbonyl (C=O) groups excluding carboxylic acids is 3. The molecule has 2 aliphatic carbocycles. The average Bonchev–Trinajstić information content (AvgIpc) is 4.04. The van der Waals surface area contributed by atoms with E-state index in [2.05, 4.69) is 15.0 Å². The summed E-state index contributed by atoms with van der Waals surface area (Å²) in [6, 6.07) is 0.665. The lowest BCUT2D eigenvalue weighted by Crippen LogP contribution is -2.66. The van der Waals surface area contributed by atoms with E-state index < -0.39 is 91.4 Å². The number of amides is 4. The highest BCUT2D eigenvalue weighted by Gasteiger charge is 2.63. The van der Waals surface area contributed by atoms with Crippen LogP contribution in [0.5, 0.6) is 17.4 Å². The summed E-state index contributed by atoms with van der Waals surface area (Å²) in [4.78, 5) is 62.8. The van der Waals surface area contributed by atoms with Crippen molar-refractivity contribution in [1.82, 2.24) is 24.8 Å². The van der Waals surface area contributed by atoms with Gasteiger partial charge in [-0.15, -0.1) is 0 Å². The Morgan fingerprint density at radius 1 is 1.07 bits per heavy atom. The zero-order chi connectivity index (χ0) is 44.3. The molecule has 4 amide bonds. The summed E-state index contributed by atoms with van der Waals surface area (Å²) >= 11 is 0. The van der Waals surface area contributed by atoms with Gasteiger partial charge in [-0.3, -0.25) is 24.0 Å². The van der Waals surface area contributed by atoms with Crippen molar-refractivity contribution in [2.24, 2.45) is 17.8 Å². The highest BCUT2D eigenvalue weighted by Crippen LogP contribution is 2.48. The number of ether oxygens (including phenoxy) is 3. The number of alkyl halides is 2. The number of benzene rings is 1. The number of sulfonamides is 1. The third-order valence-corrected chi connectivity index (χ3v) is 15.0. The van der Waals surface area contributed by atoms with Crippen molar-refractivity contribution in [2.75, 3.05) is 20.8 Å². The molecule has 3 N–H and O–H groups in total. The van der Waals surface area contributed by atoms with E-state index in [1.54, 1.807) is 13.0 Å². The number of carbonyl (C=O) groups is 4. The number of aromatic nitrogens is 1. The first-order valence-electron chi connectivity index (χ1n) is 20.0. The van der Waals surface area contributed by atoms with Gasteiger partial charge in [0, 0.05) is 36.8 Å². The Hall–Kier alpha value is -4.81. The van der Waals surface area contributed by atoms with Crippen LogP contribution in [0, 0.1) is 23.6 Å². The second-order valence-electron chi connectivity index (χ2n) is 17.7. The summed E-state index contributed by atoms with van der Waals surface area (Å²) in [5.41, 5.74) is -3.91. The van der Waals surface area contributed by atoms with Crippen molar-refractivity contribution >= 4 is 44.7 Å². The number of pyridine rings is 1. The molecule has 60 heavy (non-hydrogen) atoms. The number of fused-ring (bicyclic) bond motifs is 3. The number of halogens is 3. The fourth-order valence-corrected chi connectivity index (χ4v) is 9.68. The fraction of sp³-hybridized carbons (Fsp3) is 0.634. The number of rotatable bonds is 10. The number of allylic oxidation sites excluding steroid dienone is 1. The zero-order valence-corrected chi connectivity index (χ0v) is 35.8. The van der Waals surface area contributed by atoms with Crippen LogP contribution in [-0.4, -0.2) is 113 Å². The van der Waals surface area contributed by atoms with Crippen molar-refractivity contribution in [2.45, 2.75) is 126 Å². The maximum Gasteiger partial charge on any atom is 0.408 e. The lowest BCUT2D eigenvalue weighted by atomic mass is 9.84. The maximum absolute atomic E-state index is 15.4. The van der Waals surface area contributed by atoms with E-state index in [0.717, 1.165) is 24.8 Å². The van der Waals surface area contributed by atoms with Gasteiger partial charge >= 0.3 is 6.09 Å². The van der Waals surface area contributed by atoms with Gasteiger partial charge in [0.05, 0.1) is 31.0 Å². The molecule has 19 heteroatoms. The Bertz CT molecular complexity index is 2200. The maximum atomic E-state index is 15.4. The van der Waals surface area contributed by atoms with Gasteiger partial charge in [-0.05, 0) is 77.2 Å². The van der Waals surface area contributed by atoms with Crippen LogP contribution in [0.25, 0.3) is 10.9 Å². The molecule has 4 aliphatic rings. The third-order valence-electron chi connectivity index (χ3n) is 12.9. The van der Waals surface area contributed by atoms with Crippen LogP contribution >= 0.6 is 0 Å². The van der Waals surface area contributed by atoms with Crippen molar-refractivity contribution in [1.29, 1.82) is 0 Å².